The van der Waals surface area contributed by atoms with Gasteiger partial charge in [-0.1, -0.05) is 59.8 Å². The van der Waals surface area contributed by atoms with Crippen molar-refractivity contribution >= 4 is 28.1 Å². The van der Waals surface area contributed by atoms with Crippen LogP contribution in [0.4, 0.5) is 11.5 Å². The second kappa shape index (κ2) is 8.92. The lowest BCUT2D eigenvalue weighted by molar-refractivity contribution is 0.123. The highest BCUT2D eigenvalue weighted by molar-refractivity contribution is 6.16. The molecule has 1 aliphatic heterocycles. The van der Waals surface area contributed by atoms with Crippen molar-refractivity contribution in [3.63, 3.8) is 0 Å². The summed E-state index contributed by atoms with van der Waals surface area (Å²) < 4.78 is 5.49. The Hall–Kier alpha value is -3.90. The quantitative estimate of drug-likeness (QED) is 0.270. The third-order valence-corrected chi connectivity index (χ3v) is 6.14. The first-order chi connectivity index (χ1) is 16.2. The van der Waals surface area contributed by atoms with Crippen molar-refractivity contribution in [2.45, 2.75) is 6.92 Å². The molecule has 1 aliphatic rings. The summed E-state index contributed by atoms with van der Waals surface area (Å²) in [6, 6.07) is 24.1. The van der Waals surface area contributed by atoms with Crippen LogP contribution in [0.25, 0.3) is 22.0 Å². The molecule has 0 bridgehead atoms. The molecular weight excluding hydrogens is 412 g/mol. The molecule has 166 valence electrons. The Morgan fingerprint density at radius 1 is 1.00 bits per heavy atom. The average Bonchev–Trinajstić information content (AvgIpc) is 2.85. The van der Waals surface area contributed by atoms with Crippen LogP contribution in [-0.2, 0) is 4.74 Å². The fraction of sp³-hybridized carbons (Fsp3) is 0.185. The van der Waals surface area contributed by atoms with Crippen LogP contribution >= 0.6 is 0 Å². The lowest BCUT2D eigenvalue weighted by Gasteiger charge is -2.29. The van der Waals surface area contributed by atoms with E-state index in [0.717, 1.165) is 57.5 Å². The maximum atomic E-state index is 9.93. The highest BCUT2D eigenvalue weighted by atomic mass is 16.5. The summed E-state index contributed by atoms with van der Waals surface area (Å²) >= 11 is 0. The molecule has 6 nitrogen and oxygen atoms in total. The molecule has 3 N–H and O–H groups in total. The van der Waals surface area contributed by atoms with E-state index in [0.29, 0.717) is 24.7 Å². The van der Waals surface area contributed by atoms with Gasteiger partial charge in [0.25, 0.3) is 0 Å². The number of hydrogen-bond acceptors (Lipinski definition) is 6. The molecule has 0 saturated carbocycles. The van der Waals surface area contributed by atoms with Gasteiger partial charge in [-0.15, -0.1) is 0 Å². The van der Waals surface area contributed by atoms with Crippen molar-refractivity contribution in [1.29, 1.82) is 0 Å². The van der Waals surface area contributed by atoms with Gasteiger partial charge in [0.2, 0.25) is 0 Å². The van der Waals surface area contributed by atoms with E-state index < -0.39 is 0 Å². The molecule has 0 unspecified atom stereocenters. The SMILES string of the molecule is Cc1cccc(/C(=N/O)c2ccccc2)c1-c1ccc2nc(N)c(N3CCOCC3)cc2c1. The molecule has 6 heteroatoms. The first kappa shape index (κ1) is 21.0. The van der Waals surface area contributed by atoms with Gasteiger partial charge in [0.05, 0.1) is 24.4 Å². The molecule has 1 saturated heterocycles. The third-order valence-electron chi connectivity index (χ3n) is 6.14. The van der Waals surface area contributed by atoms with Gasteiger partial charge in [-0.25, -0.2) is 4.98 Å². The number of oxime groups is 1. The van der Waals surface area contributed by atoms with E-state index in [1.165, 1.54) is 0 Å². The molecule has 0 aliphatic carbocycles. The van der Waals surface area contributed by atoms with Gasteiger partial charge in [-0.05, 0) is 41.8 Å². The first-order valence-corrected chi connectivity index (χ1v) is 11.1. The fourth-order valence-electron chi connectivity index (χ4n) is 4.50. The second-order valence-corrected chi connectivity index (χ2v) is 8.21. The Morgan fingerprint density at radius 2 is 1.79 bits per heavy atom. The van der Waals surface area contributed by atoms with Gasteiger partial charge in [-0.2, -0.15) is 0 Å². The van der Waals surface area contributed by atoms with Crippen LogP contribution in [0.2, 0.25) is 0 Å². The second-order valence-electron chi connectivity index (χ2n) is 8.21. The number of pyridine rings is 1. The standard InChI is InChI=1S/C27H26N4O2/c1-18-6-5-9-22(26(30-32)19-7-3-2-4-8-19)25(18)20-10-11-23-21(16-20)17-24(27(28)29-23)31-12-14-33-15-13-31/h2-11,16-17,32H,12-15H2,1H3,(H2,28,29)/b30-26+. The smallest absolute Gasteiger partial charge is 0.147 e. The number of morpholine rings is 1. The third kappa shape index (κ3) is 4.01. The Bertz CT molecular complexity index is 1330. The Morgan fingerprint density at radius 3 is 2.55 bits per heavy atom. The largest absolute Gasteiger partial charge is 0.410 e. The van der Waals surface area contributed by atoms with Gasteiger partial charge in [0.1, 0.15) is 11.5 Å². The summed E-state index contributed by atoms with van der Waals surface area (Å²) in [5.41, 5.74) is 13.5. The molecule has 0 radical (unpaired) electrons. The number of aryl methyl sites for hydroxylation is 1. The van der Waals surface area contributed by atoms with Crippen LogP contribution < -0.4 is 10.6 Å². The van der Waals surface area contributed by atoms with Crippen LogP contribution in [0, 0.1) is 6.92 Å². The van der Waals surface area contributed by atoms with E-state index in [4.69, 9.17) is 10.5 Å². The molecule has 2 heterocycles. The van der Waals surface area contributed by atoms with Gasteiger partial charge >= 0.3 is 0 Å². The first-order valence-electron chi connectivity index (χ1n) is 11.1. The zero-order valence-corrected chi connectivity index (χ0v) is 18.5. The number of rotatable bonds is 4. The van der Waals surface area contributed by atoms with Crippen LogP contribution in [0.15, 0.2) is 78.0 Å². The molecule has 1 aromatic heterocycles. The van der Waals surface area contributed by atoms with Crippen LogP contribution in [-0.4, -0.2) is 42.2 Å². The monoisotopic (exact) mass is 438 g/mol. The van der Waals surface area contributed by atoms with Gasteiger partial charge in [0.15, 0.2) is 0 Å². The molecule has 3 aromatic carbocycles. The topological polar surface area (TPSA) is 84.0 Å². The van der Waals surface area contributed by atoms with E-state index in [-0.39, 0.29) is 0 Å². The molecule has 0 spiro atoms. The lowest BCUT2D eigenvalue weighted by atomic mass is 9.89. The fourth-order valence-corrected chi connectivity index (χ4v) is 4.50. The molecule has 1 fully saturated rings. The van der Waals surface area contributed by atoms with Crippen molar-refractivity contribution in [2.75, 3.05) is 36.9 Å². The summed E-state index contributed by atoms with van der Waals surface area (Å²) in [6.07, 6.45) is 0. The molecular formula is C27H26N4O2. The molecule has 4 aromatic rings. The Balaban J connectivity index is 1.64. The number of aromatic nitrogens is 1. The number of ether oxygens (including phenoxy) is 1. The van der Waals surface area contributed by atoms with E-state index in [1.807, 2.05) is 48.5 Å². The van der Waals surface area contributed by atoms with Crippen molar-refractivity contribution < 1.29 is 9.94 Å². The molecule has 0 amide bonds. The number of hydrogen-bond donors (Lipinski definition) is 2. The normalized spacial score (nSPS) is 14.6. The maximum Gasteiger partial charge on any atom is 0.147 e. The number of benzene rings is 3. The molecule has 33 heavy (non-hydrogen) atoms. The van der Waals surface area contributed by atoms with Gasteiger partial charge in [0, 0.05) is 29.6 Å². The number of nitrogens with zero attached hydrogens (tertiary/aromatic N) is 3. The van der Waals surface area contributed by atoms with Crippen molar-refractivity contribution in [3.05, 3.63) is 89.5 Å². The van der Waals surface area contributed by atoms with Crippen LogP contribution in [0.3, 0.4) is 0 Å². The predicted octanol–water partition coefficient (Wildman–Crippen LogP) is 4.86. The minimum absolute atomic E-state index is 0.535. The average molecular weight is 439 g/mol. The van der Waals surface area contributed by atoms with Gasteiger partial charge in [-0.3, -0.25) is 0 Å². The zero-order chi connectivity index (χ0) is 22.8. The minimum atomic E-state index is 0.535. The molecule has 0 atom stereocenters. The summed E-state index contributed by atoms with van der Waals surface area (Å²) in [6.45, 7) is 5.04. The summed E-state index contributed by atoms with van der Waals surface area (Å²) in [5.74, 6) is 0.535. The summed E-state index contributed by atoms with van der Waals surface area (Å²) in [4.78, 5) is 6.89. The summed E-state index contributed by atoms with van der Waals surface area (Å²) in [5, 5.41) is 14.6. The van der Waals surface area contributed by atoms with Crippen molar-refractivity contribution in [1.82, 2.24) is 4.98 Å². The Labute approximate surface area is 192 Å². The van der Waals surface area contributed by atoms with Crippen LogP contribution in [0.1, 0.15) is 16.7 Å². The highest BCUT2D eigenvalue weighted by Gasteiger charge is 2.18. The number of anilines is 2. The maximum absolute atomic E-state index is 9.93. The minimum Gasteiger partial charge on any atom is -0.410 e. The number of nitrogens with two attached hydrogens (primary N) is 1. The van der Waals surface area contributed by atoms with E-state index in [1.54, 1.807) is 0 Å². The van der Waals surface area contributed by atoms with E-state index in [2.05, 4.69) is 46.2 Å². The summed E-state index contributed by atoms with van der Waals surface area (Å²) in [7, 11) is 0. The lowest BCUT2D eigenvalue weighted by Crippen LogP contribution is -2.36. The van der Waals surface area contributed by atoms with E-state index >= 15 is 0 Å². The van der Waals surface area contributed by atoms with Crippen molar-refractivity contribution in [2.24, 2.45) is 5.16 Å². The van der Waals surface area contributed by atoms with Gasteiger partial charge < -0.3 is 20.6 Å². The molecule has 5 rings (SSSR count). The Kier molecular flexibility index (Phi) is 5.67. The number of nitrogen functional groups attached to an aromatic ring is 1. The predicted molar refractivity (Wildman–Crippen MR) is 133 cm³/mol. The van der Waals surface area contributed by atoms with Crippen LogP contribution in [0.5, 0.6) is 0 Å². The zero-order valence-electron chi connectivity index (χ0n) is 18.5. The van der Waals surface area contributed by atoms with E-state index in [9.17, 15) is 5.21 Å². The highest BCUT2D eigenvalue weighted by Crippen LogP contribution is 2.34. The van der Waals surface area contributed by atoms with Crippen molar-refractivity contribution in [3.8, 4) is 11.1 Å². The number of fused-ring (bicyclic) bond motifs is 1.